The van der Waals surface area contributed by atoms with Gasteiger partial charge in [-0.15, -0.1) is 0 Å². The lowest BCUT2D eigenvalue weighted by Gasteiger charge is -2.09. The normalized spacial score (nSPS) is 15.9. The molecule has 0 radical (unpaired) electrons. The predicted molar refractivity (Wildman–Crippen MR) is 139 cm³/mol. The molecule has 1 rings (SSSR count). The molecule has 4 heteroatoms. The van der Waals surface area contributed by atoms with E-state index in [9.17, 15) is 9.59 Å². The van der Waals surface area contributed by atoms with E-state index in [0.717, 1.165) is 12.8 Å². The molecule has 4 nitrogen and oxygen atoms in total. The van der Waals surface area contributed by atoms with Crippen LogP contribution in [0, 0.1) is 0 Å². The van der Waals surface area contributed by atoms with Crippen LogP contribution in [0.1, 0.15) is 148 Å². The van der Waals surface area contributed by atoms with Crippen molar-refractivity contribution in [3.63, 3.8) is 0 Å². The molecule has 1 amide bonds. The number of carbonyl (C=O) groups excluding carboxylic acids is 2. The van der Waals surface area contributed by atoms with Gasteiger partial charge in [-0.3, -0.25) is 4.79 Å². The summed E-state index contributed by atoms with van der Waals surface area (Å²) >= 11 is 0. The smallest absolute Gasteiger partial charge is 0.328 e. The second kappa shape index (κ2) is 22.5. The summed E-state index contributed by atoms with van der Waals surface area (Å²) in [6.07, 6.45) is 32.3. The lowest BCUT2D eigenvalue weighted by Crippen LogP contribution is -2.34. The van der Waals surface area contributed by atoms with Crippen LogP contribution < -0.4 is 5.32 Å². The highest BCUT2D eigenvalue weighted by Crippen LogP contribution is 2.14. The van der Waals surface area contributed by atoms with Gasteiger partial charge >= 0.3 is 5.97 Å². The molecule has 0 unspecified atom stereocenters. The number of unbranched alkanes of at least 4 members (excludes halogenated alkanes) is 18. The molecule has 33 heavy (non-hydrogen) atoms. The largest absolute Gasteiger partial charge is 0.464 e. The minimum absolute atomic E-state index is 0.0424. The van der Waals surface area contributed by atoms with E-state index in [4.69, 9.17) is 4.74 Å². The molecule has 0 aromatic rings. The van der Waals surface area contributed by atoms with Crippen molar-refractivity contribution >= 4 is 11.9 Å². The Bertz CT molecular complexity index is 503. The molecule has 0 saturated carbocycles. The van der Waals surface area contributed by atoms with Crippen LogP contribution in [-0.4, -0.2) is 24.5 Å². The number of rotatable bonds is 23. The van der Waals surface area contributed by atoms with Gasteiger partial charge in [0.2, 0.25) is 5.91 Å². The molecule has 1 aliphatic heterocycles. The van der Waals surface area contributed by atoms with Crippen molar-refractivity contribution in [2.75, 3.05) is 6.61 Å². The first kappa shape index (κ1) is 29.7. The van der Waals surface area contributed by atoms with Crippen LogP contribution in [0.25, 0.3) is 0 Å². The number of hydrogen-bond donors (Lipinski definition) is 1. The fraction of sp³-hybridized carbons (Fsp3) is 0.862. The zero-order valence-electron chi connectivity index (χ0n) is 21.7. The first-order valence-electron chi connectivity index (χ1n) is 14.3. The van der Waals surface area contributed by atoms with Gasteiger partial charge in [0.15, 0.2) is 0 Å². The Balaban J connectivity index is 1.69. The SMILES string of the molecule is CCCCCC/C=C/CCCCCCCCCCCCCCCCOC(=O)[C@@H]1CCC(=O)N1. The molecule has 1 N–H and O–H groups in total. The van der Waals surface area contributed by atoms with Crippen LogP contribution >= 0.6 is 0 Å². The van der Waals surface area contributed by atoms with Crippen LogP contribution in [0.3, 0.4) is 0 Å². The summed E-state index contributed by atoms with van der Waals surface area (Å²) in [5.41, 5.74) is 0. The average molecular weight is 464 g/mol. The third kappa shape index (κ3) is 18.8. The minimum Gasteiger partial charge on any atom is -0.464 e. The predicted octanol–water partition coefficient (Wildman–Crippen LogP) is 8.19. The van der Waals surface area contributed by atoms with Gasteiger partial charge < -0.3 is 10.1 Å². The number of hydrogen-bond acceptors (Lipinski definition) is 3. The highest BCUT2D eigenvalue weighted by molar-refractivity contribution is 5.87. The van der Waals surface area contributed by atoms with E-state index in [0.29, 0.717) is 19.4 Å². The molecule has 1 atom stereocenters. The maximum absolute atomic E-state index is 11.8. The van der Waals surface area contributed by atoms with Gasteiger partial charge in [0, 0.05) is 6.42 Å². The highest BCUT2D eigenvalue weighted by atomic mass is 16.5. The topological polar surface area (TPSA) is 55.4 Å². The summed E-state index contributed by atoms with van der Waals surface area (Å²) < 4.78 is 5.26. The van der Waals surface area contributed by atoms with Crippen molar-refractivity contribution in [3.8, 4) is 0 Å². The molecule has 0 aromatic heterocycles. The van der Waals surface area contributed by atoms with Gasteiger partial charge in [-0.25, -0.2) is 4.79 Å². The molecule has 0 bridgehead atoms. The Kier molecular flexibility index (Phi) is 20.2. The first-order valence-corrected chi connectivity index (χ1v) is 14.3. The van der Waals surface area contributed by atoms with E-state index in [1.807, 2.05) is 0 Å². The van der Waals surface area contributed by atoms with E-state index >= 15 is 0 Å². The zero-order valence-corrected chi connectivity index (χ0v) is 21.7. The molecule has 1 aliphatic rings. The Labute approximate surface area is 204 Å². The second-order valence-corrected chi connectivity index (χ2v) is 9.89. The molecule has 1 fully saturated rings. The maximum atomic E-state index is 11.8. The fourth-order valence-electron chi connectivity index (χ4n) is 4.47. The van der Waals surface area contributed by atoms with Crippen molar-refractivity contribution in [1.82, 2.24) is 5.32 Å². The molecule has 0 aromatic carbocycles. The van der Waals surface area contributed by atoms with E-state index in [-0.39, 0.29) is 11.9 Å². The van der Waals surface area contributed by atoms with E-state index < -0.39 is 6.04 Å². The van der Waals surface area contributed by atoms with Crippen molar-refractivity contribution < 1.29 is 14.3 Å². The average Bonchev–Trinajstić information content (AvgIpc) is 3.26. The van der Waals surface area contributed by atoms with Crippen LogP contribution in [0.5, 0.6) is 0 Å². The molecule has 192 valence electrons. The third-order valence-electron chi connectivity index (χ3n) is 6.68. The van der Waals surface area contributed by atoms with Gasteiger partial charge in [0.25, 0.3) is 0 Å². The van der Waals surface area contributed by atoms with Crippen molar-refractivity contribution in [2.24, 2.45) is 0 Å². The van der Waals surface area contributed by atoms with Gasteiger partial charge in [0.1, 0.15) is 6.04 Å². The second-order valence-electron chi connectivity index (χ2n) is 9.89. The van der Waals surface area contributed by atoms with Crippen LogP contribution in [-0.2, 0) is 14.3 Å². The lowest BCUT2D eigenvalue weighted by molar-refractivity contribution is -0.146. The standard InChI is InChI=1S/C29H53NO3/c1-2-3-4-5-6-7-8-9-10-11-12-13-14-15-16-17-18-19-20-21-22-23-26-33-29(32)27-24-25-28(31)30-27/h7-8,27H,2-6,9-26H2,1H3,(H,30,31)/b8-7+/t27-/m0/s1. The molecule has 1 heterocycles. The van der Waals surface area contributed by atoms with Crippen LogP contribution in [0.15, 0.2) is 12.2 Å². The molecule has 1 saturated heterocycles. The number of esters is 1. The van der Waals surface area contributed by atoms with Crippen LogP contribution in [0.4, 0.5) is 0 Å². The molecular formula is C29H53NO3. The molecular weight excluding hydrogens is 410 g/mol. The first-order chi connectivity index (χ1) is 16.2. The Hall–Kier alpha value is -1.32. The summed E-state index contributed by atoms with van der Waals surface area (Å²) in [7, 11) is 0. The van der Waals surface area contributed by atoms with E-state index in [2.05, 4.69) is 24.4 Å². The van der Waals surface area contributed by atoms with E-state index in [1.165, 1.54) is 116 Å². The zero-order chi connectivity index (χ0) is 23.8. The highest BCUT2D eigenvalue weighted by Gasteiger charge is 2.28. The lowest BCUT2D eigenvalue weighted by atomic mass is 10.0. The quantitative estimate of drug-likeness (QED) is 0.0944. The fourth-order valence-corrected chi connectivity index (χ4v) is 4.47. The number of ether oxygens (including phenoxy) is 1. The van der Waals surface area contributed by atoms with Crippen molar-refractivity contribution in [2.45, 2.75) is 154 Å². The van der Waals surface area contributed by atoms with E-state index in [1.54, 1.807) is 0 Å². The Morgan fingerprint density at radius 2 is 1.21 bits per heavy atom. The molecule has 0 aliphatic carbocycles. The van der Waals surface area contributed by atoms with Gasteiger partial charge in [-0.2, -0.15) is 0 Å². The Morgan fingerprint density at radius 3 is 1.67 bits per heavy atom. The molecule has 0 spiro atoms. The van der Waals surface area contributed by atoms with Gasteiger partial charge in [-0.05, 0) is 38.5 Å². The summed E-state index contributed by atoms with van der Waals surface area (Å²) in [5.74, 6) is -0.305. The van der Waals surface area contributed by atoms with Crippen molar-refractivity contribution in [1.29, 1.82) is 0 Å². The Morgan fingerprint density at radius 1 is 0.758 bits per heavy atom. The van der Waals surface area contributed by atoms with Gasteiger partial charge in [-0.1, -0.05) is 115 Å². The summed E-state index contributed by atoms with van der Waals surface area (Å²) in [4.78, 5) is 22.9. The summed E-state index contributed by atoms with van der Waals surface area (Å²) in [6.45, 7) is 2.76. The number of allylic oxidation sites excluding steroid dienone is 2. The van der Waals surface area contributed by atoms with Crippen LogP contribution in [0.2, 0.25) is 0 Å². The third-order valence-corrected chi connectivity index (χ3v) is 6.68. The monoisotopic (exact) mass is 463 g/mol. The minimum atomic E-state index is -0.408. The maximum Gasteiger partial charge on any atom is 0.328 e. The number of nitrogens with one attached hydrogen (secondary N) is 1. The number of carbonyl (C=O) groups is 2. The summed E-state index contributed by atoms with van der Waals surface area (Å²) in [6, 6.07) is -0.408. The van der Waals surface area contributed by atoms with Gasteiger partial charge in [0.05, 0.1) is 6.61 Å². The summed E-state index contributed by atoms with van der Waals surface area (Å²) in [5, 5.41) is 2.65. The van der Waals surface area contributed by atoms with Crippen molar-refractivity contribution in [3.05, 3.63) is 12.2 Å². The number of amides is 1.